The van der Waals surface area contributed by atoms with E-state index in [4.69, 9.17) is 23.2 Å². The fraction of sp³-hybridized carbons (Fsp3) is 0. The van der Waals surface area contributed by atoms with Crippen LogP contribution < -0.4 is 4.72 Å². The summed E-state index contributed by atoms with van der Waals surface area (Å²) in [7, 11) is -3.91. The topological polar surface area (TPSA) is 46.2 Å². The van der Waals surface area contributed by atoms with E-state index in [0.29, 0.717) is 0 Å². The Balaban J connectivity index is 2.37. The minimum absolute atomic E-state index is 0.183. The Labute approximate surface area is 133 Å². The molecule has 0 aliphatic heterocycles. The van der Waals surface area contributed by atoms with Gasteiger partial charge in [-0.25, -0.2) is 12.8 Å². The number of sulfonamides is 1. The van der Waals surface area contributed by atoms with E-state index in [9.17, 15) is 12.8 Å². The Morgan fingerprint density at radius 3 is 2.20 bits per heavy atom. The van der Waals surface area contributed by atoms with Crippen molar-refractivity contribution in [3.8, 4) is 0 Å². The first-order valence-electron chi connectivity index (χ1n) is 5.22. The monoisotopic (exact) mass is 397 g/mol. The summed E-state index contributed by atoms with van der Waals surface area (Å²) in [6.45, 7) is 0. The van der Waals surface area contributed by atoms with Gasteiger partial charge < -0.3 is 0 Å². The Morgan fingerprint density at radius 1 is 1.05 bits per heavy atom. The molecule has 0 saturated carbocycles. The molecule has 2 aromatic rings. The molecular weight excluding hydrogens is 392 g/mol. The first-order chi connectivity index (χ1) is 9.28. The van der Waals surface area contributed by atoms with Gasteiger partial charge in [-0.1, -0.05) is 23.2 Å². The molecule has 0 aliphatic rings. The molecule has 0 aliphatic carbocycles. The van der Waals surface area contributed by atoms with E-state index < -0.39 is 15.8 Å². The number of benzene rings is 2. The fourth-order valence-electron chi connectivity index (χ4n) is 1.47. The van der Waals surface area contributed by atoms with Gasteiger partial charge in [-0.2, -0.15) is 0 Å². The molecule has 2 rings (SSSR count). The lowest BCUT2D eigenvalue weighted by Gasteiger charge is -2.09. The molecule has 20 heavy (non-hydrogen) atoms. The van der Waals surface area contributed by atoms with E-state index >= 15 is 0 Å². The van der Waals surface area contributed by atoms with Gasteiger partial charge in [0.1, 0.15) is 5.82 Å². The van der Waals surface area contributed by atoms with Gasteiger partial charge >= 0.3 is 0 Å². The lowest BCUT2D eigenvalue weighted by atomic mass is 10.3. The van der Waals surface area contributed by atoms with E-state index in [1.807, 2.05) is 0 Å². The third kappa shape index (κ3) is 3.63. The molecule has 0 fully saturated rings. The summed E-state index contributed by atoms with van der Waals surface area (Å²) in [5, 5.41) is 0.578. The van der Waals surface area contributed by atoms with E-state index in [-0.39, 0.29) is 25.1 Å². The van der Waals surface area contributed by atoms with Crippen LogP contribution in [0.4, 0.5) is 10.1 Å². The second kappa shape index (κ2) is 5.89. The summed E-state index contributed by atoms with van der Waals surface area (Å²) in [5.41, 5.74) is 0.200. The van der Waals surface area contributed by atoms with Crippen molar-refractivity contribution in [3.05, 3.63) is 56.7 Å². The van der Waals surface area contributed by atoms with Gasteiger partial charge in [0, 0.05) is 10.0 Å². The highest BCUT2D eigenvalue weighted by atomic mass is 79.9. The summed E-state index contributed by atoms with van der Waals surface area (Å²) < 4.78 is 40.1. The SMILES string of the molecule is O=S(=O)(Nc1cc(Cl)cc(Cl)c1)c1ccc(Br)c(F)c1. The molecule has 0 spiro atoms. The number of hydrogen-bond acceptors (Lipinski definition) is 2. The van der Waals surface area contributed by atoms with E-state index in [2.05, 4.69) is 20.7 Å². The highest BCUT2D eigenvalue weighted by Crippen LogP contribution is 2.25. The number of rotatable bonds is 3. The zero-order valence-corrected chi connectivity index (χ0v) is 13.6. The molecule has 8 heteroatoms. The highest BCUT2D eigenvalue weighted by molar-refractivity contribution is 9.10. The molecule has 1 N–H and O–H groups in total. The van der Waals surface area contributed by atoms with Crippen LogP contribution in [-0.4, -0.2) is 8.42 Å². The minimum Gasteiger partial charge on any atom is -0.280 e. The van der Waals surface area contributed by atoms with Crippen LogP contribution in [0.25, 0.3) is 0 Å². The number of nitrogens with one attached hydrogen (secondary N) is 1. The van der Waals surface area contributed by atoms with Gasteiger partial charge in [0.15, 0.2) is 0 Å². The first kappa shape index (κ1) is 15.6. The summed E-state index contributed by atoms with van der Waals surface area (Å²) in [5.74, 6) is -0.669. The molecule has 0 aromatic heterocycles. The third-order valence-electron chi connectivity index (χ3n) is 2.32. The second-order valence-corrected chi connectivity index (χ2v) is 7.25. The molecule has 0 saturated heterocycles. The molecule has 0 radical (unpaired) electrons. The number of hydrogen-bond donors (Lipinski definition) is 1. The maximum Gasteiger partial charge on any atom is 0.261 e. The van der Waals surface area contributed by atoms with Crippen molar-refractivity contribution in [3.63, 3.8) is 0 Å². The highest BCUT2D eigenvalue weighted by Gasteiger charge is 2.16. The molecule has 2 aromatic carbocycles. The van der Waals surface area contributed by atoms with E-state index in [0.717, 1.165) is 6.07 Å². The van der Waals surface area contributed by atoms with Gasteiger partial charge in [0.2, 0.25) is 0 Å². The van der Waals surface area contributed by atoms with Crippen molar-refractivity contribution in [1.82, 2.24) is 0 Å². The molecular formula is C12H7BrCl2FNO2S. The molecule has 3 nitrogen and oxygen atoms in total. The standard InChI is InChI=1S/C12H7BrCl2FNO2S/c13-11-2-1-10(6-12(11)16)20(18,19)17-9-4-7(14)3-8(15)5-9/h1-6,17H. The third-order valence-corrected chi connectivity index (χ3v) is 4.77. The smallest absolute Gasteiger partial charge is 0.261 e. The normalized spacial score (nSPS) is 11.4. The van der Waals surface area contributed by atoms with Crippen molar-refractivity contribution in [2.45, 2.75) is 4.90 Å². The Bertz CT molecular complexity index is 748. The zero-order chi connectivity index (χ0) is 14.9. The summed E-state index contributed by atoms with van der Waals surface area (Å²) in [6.07, 6.45) is 0. The van der Waals surface area contributed by atoms with Crippen LogP contribution in [0.2, 0.25) is 10.0 Å². The Hall–Kier alpha value is -0.820. The quantitative estimate of drug-likeness (QED) is 0.814. The van der Waals surface area contributed by atoms with Crippen LogP contribution in [-0.2, 0) is 10.0 Å². The van der Waals surface area contributed by atoms with Crippen LogP contribution in [0.3, 0.4) is 0 Å². The average Bonchev–Trinajstić information content (AvgIpc) is 2.30. The maximum absolute atomic E-state index is 13.4. The van der Waals surface area contributed by atoms with Crippen molar-refractivity contribution in [2.24, 2.45) is 0 Å². The van der Waals surface area contributed by atoms with Gasteiger partial charge in [-0.3, -0.25) is 4.72 Å². The molecule has 0 amide bonds. The van der Waals surface area contributed by atoms with E-state index in [1.165, 1.54) is 30.3 Å². The Kier molecular flexibility index (Phi) is 4.59. The van der Waals surface area contributed by atoms with Crippen LogP contribution in [0, 0.1) is 5.82 Å². The van der Waals surface area contributed by atoms with Gasteiger partial charge in [-0.15, -0.1) is 0 Å². The lowest BCUT2D eigenvalue weighted by molar-refractivity contribution is 0.593. The number of anilines is 1. The van der Waals surface area contributed by atoms with Crippen molar-refractivity contribution in [2.75, 3.05) is 4.72 Å². The zero-order valence-electron chi connectivity index (χ0n) is 9.70. The van der Waals surface area contributed by atoms with Gasteiger partial charge in [0.05, 0.1) is 15.1 Å². The summed E-state index contributed by atoms with van der Waals surface area (Å²) >= 11 is 14.5. The fourth-order valence-corrected chi connectivity index (χ4v) is 3.30. The molecule has 0 heterocycles. The summed E-state index contributed by atoms with van der Waals surface area (Å²) in [4.78, 5) is -0.200. The molecule has 0 bridgehead atoms. The first-order valence-corrected chi connectivity index (χ1v) is 8.25. The van der Waals surface area contributed by atoms with Crippen molar-refractivity contribution >= 4 is 54.8 Å². The Morgan fingerprint density at radius 2 is 1.65 bits per heavy atom. The van der Waals surface area contributed by atoms with E-state index in [1.54, 1.807) is 0 Å². The van der Waals surface area contributed by atoms with Crippen LogP contribution in [0.1, 0.15) is 0 Å². The predicted octanol–water partition coefficient (Wildman–Crippen LogP) is 4.70. The largest absolute Gasteiger partial charge is 0.280 e. The minimum atomic E-state index is -3.91. The van der Waals surface area contributed by atoms with Gasteiger partial charge in [0.25, 0.3) is 10.0 Å². The molecule has 106 valence electrons. The van der Waals surface area contributed by atoms with Crippen molar-refractivity contribution in [1.29, 1.82) is 0 Å². The molecule has 0 atom stereocenters. The van der Waals surface area contributed by atoms with Crippen LogP contribution in [0.5, 0.6) is 0 Å². The van der Waals surface area contributed by atoms with Crippen LogP contribution in [0.15, 0.2) is 45.8 Å². The lowest BCUT2D eigenvalue weighted by Crippen LogP contribution is -2.13. The number of halogens is 4. The second-order valence-electron chi connectivity index (χ2n) is 3.84. The van der Waals surface area contributed by atoms with Crippen LogP contribution >= 0.6 is 39.1 Å². The average molecular weight is 399 g/mol. The van der Waals surface area contributed by atoms with Gasteiger partial charge in [-0.05, 0) is 52.3 Å². The van der Waals surface area contributed by atoms with Crippen molar-refractivity contribution < 1.29 is 12.8 Å². The molecule has 0 unspecified atom stereocenters. The summed E-state index contributed by atoms with van der Waals surface area (Å²) in [6, 6.07) is 7.79. The maximum atomic E-state index is 13.4. The predicted molar refractivity (Wildman–Crippen MR) is 81.4 cm³/mol.